The molecule has 9 aromatic rings. The number of para-hydroxylation sites is 3. The number of nitrogens with two attached hydrogens (primary N) is 1. The van der Waals surface area contributed by atoms with Crippen molar-refractivity contribution < 1.29 is 4.42 Å². The molecule has 1 atom stereocenters. The van der Waals surface area contributed by atoms with E-state index < -0.39 is 5.41 Å². The molecule has 2 heterocycles. The lowest BCUT2D eigenvalue weighted by molar-refractivity contribution is 0.617. The van der Waals surface area contributed by atoms with E-state index in [1.165, 1.54) is 44.5 Å². The Balaban J connectivity index is 1.22. The molecule has 2 aliphatic carbocycles. The third kappa shape index (κ3) is 3.74. The van der Waals surface area contributed by atoms with Crippen LogP contribution in [-0.4, -0.2) is 9.55 Å². The van der Waals surface area contributed by atoms with Gasteiger partial charge in [-0.05, 0) is 92.0 Å². The van der Waals surface area contributed by atoms with Crippen molar-refractivity contribution in [1.29, 1.82) is 0 Å². The quantitative estimate of drug-likeness (QED) is 0.206. The van der Waals surface area contributed by atoms with Gasteiger partial charge < -0.3 is 10.2 Å². The van der Waals surface area contributed by atoms with Gasteiger partial charge in [0.15, 0.2) is 0 Å². The summed E-state index contributed by atoms with van der Waals surface area (Å²) in [6, 6.07) is 56.9. The van der Waals surface area contributed by atoms with E-state index in [-0.39, 0.29) is 0 Å². The van der Waals surface area contributed by atoms with Crippen LogP contribution < -0.4 is 5.73 Å². The zero-order chi connectivity index (χ0) is 33.7. The van der Waals surface area contributed by atoms with Gasteiger partial charge in [0.1, 0.15) is 11.4 Å². The SMILES string of the molecule is NCc1ccc(-c2coc3ccc4c(c23)-c2ccccc2C42c3ccccc3-c3ccc(-c4nc5ccccc5n4-c4ccccc4)cc32)cc1. The van der Waals surface area contributed by atoms with Crippen LogP contribution in [0.1, 0.15) is 27.8 Å². The summed E-state index contributed by atoms with van der Waals surface area (Å²) in [4.78, 5) is 5.27. The fourth-order valence-electron chi connectivity index (χ4n) is 8.99. The molecule has 1 unspecified atom stereocenters. The Labute approximate surface area is 295 Å². The zero-order valence-corrected chi connectivity index (χ0v) is 27.7. The summed E-state index contributed by atoms with van der Waals surface area (Å²) in [5.74, 6) is 0.927. The molecule has 0 saturated heterocycles. The molecular weight excluding hydrogens is 623 g/mol. The average Bonchev–Trinajstić information content (AvgIpc) is 3.95. The van der Waals surface area contributed by atoms with E-state index in [1.807, 2.05) is 6.26 Å². The first kappa shape index (κ1) is 28.4. The Kier molecular flexibility index (Phi) is 5.84. The molecule has 2 aromatic heterocycles. The standard InChI is InChI=1S/C47H31N3O/c48-27-29-18-20-30(21-19-29)36-28-51-43-25-24-39-44(45(36)43)35-13-5-7-15-38(35)47(39)37-14-6-4-12-33(37)34-23-22-31(26-40(34)47)46-49-41-16-8-9-17-42(41)50(46)32-10-2-1-3-11-32/h1-26,28H,27,48H2. The van der Waals surface area contributed by atoms with Gasteiger partial charge in [-0.2, -0.15) is 0 Å². The molecule has 1 spiro atoms. The molecule has 7 aromatic carbocycles. The second kappa shape index (κ2) is 10.5. The predicted molar refractivity (Wildman–Crippen MR) is 206 cm³/mol. The summed E-state index contributed by atoms with van der Waals surface area (Å²) < 4.78 is 8.61. The number of rotatable bonds is 4. The molecule has 0 amide bonds. The average molecular weight is 654 g/mol. The third-order valence-electron chi connectivity index (χ3n) is 11.1. The lowest BCUT2D eigenvalue weighted by atomic mass is 9.70. The van der Waals surface area contributed by atoms with Crippen LogP contribution in [0.4, 0.5) is 0 Å². The Hall–Kier alpha value is -6.49. The molecule has 0 fully saturated rings. The van der Waals surface area contributed by atoms with Crippen LogP contribution in [0.2, 0.25) is 0 Å². The van der Waals surface area contributed by atoms with Gasteiger partial charge in [-0.25, -0.2) is 4.98 Å². The molecular formula is C47H31N3O. The smallest absolute Gasteiger partial charge is 0.145 e. The summed E-state index contributed by atoms with van der Waals surface area (Å²) in [5.41, 5.74) is 24.0. The van der Waals surface area contributed by atoms with Crippen molar-refractivity contribution in [2.45, 2.75) is 12.0 Å². The van der Waals surface area contributed by atoms with E-state index in [0.29, 0.717) is 6.54 Å². The van der Waals surface area contributed by atoms with E-state index in [0.717, 1.165) is 55.8 Å². The second-order valence-corrected chi connectivity index (χ2v) is 13.6. The maximum Gasteiger partial charge on any atom is 0.145 e. The first-order valence-corrected chi connectivity index (χ1v) is 17.5. The minimum Gasteiger partial charge on any atom is -0.464 e. The molecule has 0 saturated carbocycles. The monoisotopic (exact) mass is 653 g/mol. The van der Waals surface area contributed by atoms with Crippen molar-refractivity contribution in [2.75, 3.05) is 0 Å². The topological polar surface area (TPSA) is 57.0 Å². The van der Waals surface area contributed by atoms with Crippen LogP contribution >= 0.6 is 0 Å². The third-order valence-corrected chi connectivity index (χ3v) is 11.1. The van der Waals surface area contributed by atoms with Crippen molar-refractivity contribution in [3.63, 3.8) is 0 Å². The highest BCUT2D eigenvalue weighted by Crippen LogP contribution is 2.64. The first-order valence-electron chi connectivity index (χ1n) is 17.5. The van der Waals surface area contributed by atoms with Gasteiger partial charge in [0.2, 0.25) is 0 Å². The largest absolute Gasteiger partial charge is 0.464 e. The van der Waals surface area contributed by atoms with Crippen LogP contribution in [0.3, 0.4) is 0 Å². The minimum absolute atomic E-state index is 0.514. The molecule has 4 nitrogen and oxygen atoms in total. The molecule has 2 N–H and O–H groups in total. The highest BCUT2D eigenvalue weighted by atomic mass is 16.3. The molecule has 0 bridgehead atoms. The summed E-state index contributed by atoms with van der Waals surface area (Å²) >= 11 is 0. The van der Waals surface area contributed by atoms with Gasteiger partial charge in [-0.1, -0.05) is 121 Å². The minimum atomic E-state index is -0.524. The number of aromatic nitrogens is 2. The van der Waals surface area contributed by atoms with Crippen LogP contribution in [-0.2, 0) is 12.0 Å². The van der Waals surface area contributed by atoms with Crippen molar-refractivity contribution in [3.8, 4) is 50.5 Å². The number of fused-ring (bicyclic) bond motifs is 13. The van der Waals surface area contributed by atoms with Gasteiger partial charge in [-0.15, -0.1) is 0 Å². The van der Waals surface area contributed by atoms with Gasteiger partial charge >= 0.3 is 0 Å². The molecule has 240 valence electrons. The molecule has 4 heteroatoms. The summed E-state index contributed by atoms with van der Waals surface area (Å²) in [6.07, 6.45) is 1.92. The fraction of sp³-hybridized carbons (Fsp3) is 0.0426. The lowest BCUT2D eigenvalue weighted by Crippen LogP contribution is -2.25. The molecule has 2 aliphatic rings. The zero-order valence-electron chi connectivity index (χ0n) is 27.7. The number of furan rings is 1. The van der Waals surface area contributed by atoms with E-state index in [4.69, 9.17) is 15.1 Å². The van der Waals surface area contributed by atoms with Gasteiger partial charge in [-0.3, -0.25) is 4.57 Å². The summed E-state index contributed by atoms with van der Waals surface area (Å²) in [6.45, 7) is 0.514. The Bertz CT molecular complexity index is 2840. The van der Waals surface area contributed by atoms with Crippen LogP contribution in [0, 0.1) is 0 Å². The van der Waals surface area contributed by atoms with E-state index in [2.05, 4.69) is 162 Å². The summed E-state index contributed by atoms with van der Waals surface area (Å²) in [5, 5.41) is 1.14. The number of hydrogen-bond acceptors (Lipinski definition) is 3. The van der Waals surface area contributed by atoms with Crippen molar-refractivity contribution >= 4 is 22.0 Å². The number of benzene rings is 7. The van der Waals surface area contributed by atoms with Crippen LogP contribution in [0.5, 0.6) is 0 Å². The summed E-state index contributed by atoms with van der Waals surface area (Å²) in [7, 11) is 0. The maximum atomic E-state index is 6.32. The fourth-order valence-corrected chi connectivity index (χ4v) is 8.99. The maximum absolute atomic E-state index is 6.32. The van der Waals surface area contributed by atoms with Gasteiger partial charge in [0, 0.05) is 28.7 Å². The molecule has 11 rings (SSSR count). The predicted octanol–water partition coefficient (Wildman–Crippen LogP) is 10.9. The Morgan fingerprint density at radius 1 is 0.569 bits per heavy atom. The van der Waals surface area contributed by atoms with Crippen molar-refractivity contribution in [3.05, 3.63) is 192 Å². The lowest BCUT2D eigenvalue weighted by Gasteiger charge is -2.30. The highest BCUT2D eigenvalue weighted by Gasteiger charge is 2.52. The van der Waals surface area contributed by atoms with Crippen LogP contribution in [0.15, 0.2) is 168 Å². The van der Waals surface area contributed by atoms with E-state index in [9.17, 15) is 0 Å². The number of nitrogens with zero attached hydrogens (tertiary/aromatic N) is 2. The van der Waals surface area contributed by atoms with E-state index >= 15 is 0 Å². The normalized spacial score (nSPS) is 15.3. The molecule has 51 heavy (non-hydrogen) atoms. The Morgan fingerprint density at radius 2 is 1.25 bits per heavy atom. The van der Waals surface area contributed by atoms with E-state index in [1.54, 1.807) is 0 Å². The number of hydrogen-bond donors (Lipinski definition) is 1. The van der Waals surface area contributed by atoms with Gasteiger partial charge in [0.05, 0.1) is 22.7 Å². The van der Waals surface area contributed by atoms with Crippen LogP contribution in [0.25, 0.3) is 72.5 Å². The molecule has 0 radical (unpaired) electrons. The van der Waals surface area contributed by atoms with Crippen molar-refractivity contribution in [1.82, 2.24) is 9.55 Å². The second-order valence-electron chi connectivity index (χ2n) is 13.6. The van der Waals surface area contributed by atoms with Crippen molar-refractivity contribution in [2.24, 2.45) is 5.73 Å². The number of imidazole rings is 1. The first-order chi connectivity index (χ1) is 25.3. The Morgan fingerprint density at radius 3 is 2.08 bits per heavy atom. The molecule has 0 aliphatic heterocycles. The van der Waals surface area contributed by atoms with Gasteiger partial charge in [0.25, 0.3) is 0 Å². The highest BCUT2D eigenvalue weighted by molar-refractivity contribution is 6.10.